The number of likely N-dealkylation sites (N-methyl/N-ethyl adjacent to an activating group) is 2. The second-order valence-electron chi connectivity index (χ2n) is 9.16. The average Bonchev–Trinajstić information content (AvgIpc) is 3.44. The lowest BCUT2D eigenvalue weighted by molar-refractivity contribution is -0.141. The molecule has 1 spiro atoms. The molecule has 4 atom stereocenters. The first kappa shape index (κ1) is 22.5. The molecule has 0 heterocycles. The van der Waals surface area contributed by atoms with Crippen LogP contribution in [0.1, 0.15) is 33.6 Å². The highest BCUT2D eigenvalue weighted by Crippen LogP contribution is 2.72. The number of anilines is 1. The van der Waals surface area contributed by atoms with Crippen molar-refractivity contribution in [2.45, 2.75) is 33.6 Å². The van der Waals surface area contributed by atoms with Gasteiger partial charge in [0.25, 0.3) is 0 Å². The van der Waals surface area contributed by atoms with E-state index in [0.717, 1.165) is 49.2 Å². The number of nitrogens with one attached hydrogen (secondary N) is 1. The Bertz CT molecular complexity index is 845. The van der Waals surface area contributed by atoms with Crippen molar-refractivity contribution in [3.63, 3.8) is 0 Å². The number of benzene rings is 1. The summed E-state index contributed by atoms with van der Waals surface area (Å²) in [5.41, 5.74) is 0.935. The zero-order chi connectivity index (χ0) is 22.2. The molecule has 0 radical (unpaired) electrons. The molecule has 0 unspecified atom stereocenters. The standard InChI is InChI=1S/C25H34BrN3O2/c1-4-28(5-2)15-16-29(6-3)24(31)22-20-12-11-19(25(20)13-14-25)21(22)23(30)27-18-9-7-17(26)8-10-18/h7-12,19-22H,4-6,13-16H2,1-3H3,(H,27,30)/t19-,20+,21+,22+/m0/s1. The van der Waals surface area contributed by atoms with E-state index in [2.05, 4.69) is 52.1 Å². The normalized spacial score (nSPS) is 27.1. The Kier molecular flexibility index (Phi) is 6.59. The number of rotatable bonds is 9. The molecule has 31 heavy (non-hydrogen) atoms. The van der Waals surface area contributed by atoms with Crippen LogP contribution >= 0.6 is 15.9 Å². The van der Waals surface area contributed by atoms with Crippen molar-refractivity contribution in [1.29, 1.82) is 0 Å². The van der Waals surface area contributed by atoms with E-state index in [1.807, 2.05) is 36.1 Å². The van der Waals surface area contributed by atoms with Gasteiger partial charge in [0.05, 0.1) is 11.8 Å². The van der Waals surface area contributed by atoms with E-state index in [1.54, 1.807) is 0 Å². The first-order valence-corrected chi connectivity index (χ1v) is 12.5. The van der Waals surface area contributed by atoms with Gasteiger partial charge in [0.15, 0.2) is 0 Å². The molecule has 5 nitrogen and oxygen atoms in total. The first-order valence-electron chi connectivity index (χ1n) is 11.7. The van der Waals surface area contributed by atoms with Gasteiger partial charge in [-0.2, -0.15) is 0 Å². The molecule has 2 fully saturated rings. The lowest BCUT2D eigenvalue weighted by Gasteiger charge is -2.32. The molecule has 0 aliphatic heterocycles. The fourth-order valence-corrected chi connectivity index (χ4v) is 6.15. The van der Waals surface area contributed by atoms with Crippen LogP contribution in [0.3, 0.4) is 0 Å². The Morgan fingerprint density at radius 2 is 1.58 bits per heavy atom. The summed E-state index contributed by atoms with van der Waals surface area (Å²) >= 11 is 3.44. The minimum atomic E-state index is -0.281. The third kappa shape index (κ3) is 4.09. The Balaban J connectivity index is 1.54. The minimum absolute atomic E-state index is 0.0106. The minimum Gasteiger partial charge on any atom is -0.341 e. The van der Waals surface area contributed by atoms with Gasteiger partial charge in [-0.05, 0) is 74.4 Å². The van der Waals surface area contributed by atoms with Gasteiger partial charge in [-0.1, -0.05) is 41.9 Å². The van der Waals surface area contributed by atoms with Crippen LogP contribution in [0, 0.1) is 29.1 Å². The van der Waals surface area contributed by atoms with Crippen LogP contribution < -0.4 is 5.32 Å². The summed E-state index contributed by atoms with van der Waals surface area (Å²) in [5, 5.41) is 3.10. The quantitative estimate of drug-likeness (QED) is 0.524. The zero-order valence-electron chi connectivity index (χ0n) is 18.8. The summed E-state index contributed by atoms with van der Waals surface area (Å²) in [5.74, 6) is 0.00893. The number of nitrogens with zero attached hydrogens (tertiary/aromatic N) is 2. The zero-order valence-corrected chi connectivity index (χ0v) is 20.4. The average molecular weight is 488 g/mol. The van der Waals surface area contributed by atoms with Crippen molar-refractivity contribution >= 4 is 33.4 Å². The van der Waals surface area contributed by atoms with E-state index in [-0.39, 0.29) is 40.9 Å². The van der Waals surface area contributed by atoms with Crippen LogP contribution in [0.25, 0.3) is 0 Å². The maximum atomic E-state index is 13.8. The summed E-state index contributed by atoms with van der Waals surface area (Å²) in [6, 6.07) is 7.65. The van der Waals surface area contributed by atoms with Crippen LogP contribution in [0.4, 0.5) is 5.69 Å². The summed E-state index contributed by atoms with van der Waals surface area (Å²) < 4.78 is 0.977. The molecule has 2 saturated carbocycles. The second-order valence-corrected chi connectivity index (χ2v) is 10.1. The number of hydrogen-bond donors (Lipinski definition) is 1. The Morgan fingerprint density at radius 1 is 0.968 bits per heavy atom. The van der Waals surface area contributed by atoms with Crippen molar-refractivity contribution in [3.05, 3.63) is 40.9 Å². The summed E-state index contributed by atoms with van der Waals surface area (Å²) in [4.78, 5) is 31.5. The third-order valence-corrected chi connectivity index (χ3v) is 8.34. The molecular formula is C25H34BrN3O2. The fourth-order valence-electron chi connectivity index (χ4n) is 5.89. The molecule has 2 bridgehead atoms. The van der Waals surface area contributed by atoms with Crippen molar-refractivity contribution in [3.8, 4) is 0 Å². The van der Waals surface area contributed by atoms with Crippen LogP contribution in [0.5, 0.6) is 0 Å². The van der Waals surface area contributed by atoms with Crippen LogP contribution in [0.2, 0.25) is 0 Å². The van der Waals surface area contributed by atoms with Gasteiger partial charge in [-0.3, -0.25) is 9.59 Å². The van der Waals surface area contributed by atoms with Gasteiger partial charge >= 0.3 is 0 Å². The summed E-state index contributed by atoms with van der Waals surface area (Å²) in [6.45, 7) is 10.6. The number of carbonyl (C=O) groups is 2. The van der Waals surface area contributed by atoms with Crippen LogP contribution in [-0.4, -0.2) is 54.3 Å². The van der Waals surface area contributed by atoms with Crippen molar-refractivity contribution in [2.24, 2.45) is 29.1 Å². The lowest BCUT2D eigenvalue weighted by atomic mass is 9.81. The van der Waals surface area contributed by atoms with E-state index in [9.17, 15) is 9.59 Å². The lowest BCUT2D eigenvalue weighted by Crippen LogP contribution is -2.46. The van der Waals surface area contributed by atoms with E-state index < -0.39 is 0 Å². The monoisotopic (exact) mass is 487 g/mol. The SMILES string of the molecule is CCN(CC)CCN(CC)C(=O)[C@H]1[C@H](C(=O)Nc2ccc(Br)cc2)[C@@H]2C=C[C@H]1C21CC1. The number of halogens is 1. The van der Waals surface area contributed by atoms with E-state index in [1.165, 1.54) is 0 Å². The molecule has 4 rings (SSSR count). The predicted octanol–water partition coefficient (Wildman–Crippen LogP) is 4.41. The highest BCUT2D eigenvalue weighted by molar-refractivity contribution is 9.10. The maximum Gasteiger partial charge on any atom is 0.228 e. The van der Waals surface area contributed by atoms with Gasteiger partial charge in [0.2, 0.25) is 11.8 Å². The largest absolute Gasteiger partial charge is 0.341 e. The van der Waals surface area contributed by atoms with E-state index >= 15 is 0 Å². The highest BCUT2D eigenvalue weighted by Gasteiger charge is 2.70. The number of amides is 2. The van der Waals surface area contributed by atoms with Gasteiger partial charge < -0.3 is 15.1 Å². The molecule has 3 aliphatic carbocycles. The Morgan fingerprint density at radius 3 is 2.13 bits per heavy atom. The molecule has 2 amide bonds. The molecule has 0 saturated heterocycles. The van der Waals surface area contributed by atoms with E-state index in [0.29, 0.717) is 6.54 Å². The molecular weight excluding hydrogens is 454 g/mol. The number of hydrogen-bond acceptors (Lipinski definition) is 3. The Hall–Kier alpha value is -1.66. The first-order chi connectivity index (χ1) is 14.9. The van der Waals surface area contributed by atoms with Gasteiger partial charge in [0, 0.05) is 29.8 Å². The molecule has 1 aromatic rings. The predicted molar refractivity (Wildman–Crippen MR) is 128 cm³/mol. The van der Waals surface area contributed by atoms with Crippen molar-refractivity contribution < 1.29 is 9.59 Å². The molecule has 1 N–H and O–H groups in total. The molecule has 3 aliphatic rings. The molecule has 1 aromatic carbocycles. The second kappa shape index (κ2) is 9.07. The molecule has 168 valence electrons. The molecule has 6 heteroatoms. The van der Waals surface area contributed by atoms with Crippen molar-refractivity contribution in [1.82, 2.24) is 9.80 Å². The third-order valence-electron chi connectivity index (χ3n) is 7.82. The van der Waals surface area contributed by atoms with E-state index in [4.69, 9.17) is 0 Å². The Labute approximate surface area is 194 Å². The van der Waals surface area contributed by atoms with Gasteiger partial charge in [0.1, 0.15) is 0 Å². The number of allylic oxidation sites excluding steroid dienone is 2. The van der Waals surface area contributed by atoms with Gasteiger partial charge in [-0.25, -0.2) is 0 Å². The van der Waals surface area contributed by atoms with Crippen LogP contribution in [-0.2, 0) is 9.59 Å². The fraction of sp³-hybridized carbons (Fsp3) is 0.600. The van der Waals surface area contributed by atoms with Gasteiger partial charge in [-0.15, -0.1) is 0 Å². The van der Waals surface area contributed by atoms with Crippen molar-refractivity contribution in [2.75, 3.05) is 38.0 Å². The summed E-state index contributed by atoms with van der Waals surface area (Å²) in [6.07, 6.45) is 6.72. The number of carbonyl (C=O) groups excluding carboxylic acids is 2. The van der Waals surface area contributed by atoms with Crippen LogP contribution in [0.15, 0.2) is 40.9 Å². The maximum absolute atomic E-state index is 13.8. The molecule has 0 aromatic heterocycles. The topological polar surface area (TPSA) is 52.7 Å². The summed E-state index contributed by atoms with van der Waals surface area (Å²) in [7, 11) is 0. The highest BCUT2D eigenvalue weighted by atomic mass is 79.9. The smallest absolute Gasteiger partial charge is 0.228 e.